The molecule has 1 heterocycles. The first-order valence-electron chi connectivity index (χ1n) is 8.54. The number of nitrogens with zero attached hydrogens (tertiary/aromatic N) is 2. The van der Waals surface area contributed by atoms with Crippen LogP contribution in [0.1, 0.15) is 25.8 Å². The first-order valence-corrected chi connectivity index (χ1v) is 8.54. The Kier molecular flexibility index (Phi) is 7.06. The van der Waals surface area contributed by atoms with E-state index in [0.29, 0.717) is 13.0 Å². The maximum atomic E-state index is 12.2. The third-order valence-electron chi connectivity index (χ3n) is 4.21. The van der Waals surface area contributed by atoms with E-state index in [1.807, 2.05) is 30.3 Å². The van der Waals surface area contributed by atoms with E-state index in [-0.39, 0.29) is 12.6 Å². The fourth-order valence-corrected chi connectivity index (χ4v) is 2.78. The summed E-state index contributed by atoms with van der Waals surface area (Å²) in [6, 6.07) is 9.43. The van der Waals surface area contributed by atoms with Gasteiger partial charge in [0.25, 0.3) is 0 Å². The first-order chi connectivity index (χ1) is 11.7. The SMILES string of the molecule is CCN(CC)CCCOC(=O)N1C(=O)OC[C@@H]1Cc1ccccc1. The van der Waals surface area contributed by atoms with E-state index < -0.39 is 12.2 Å². The highest BCUT2D eigenvalue weighted by molar-refractivity contribution is 5.89. The van der Waals surface area contributed by atoms with Crippen LogP contribution < -0.4 is 0 Å². The van der Waals surface area contributed by atoms with E-state index in [1.165, 1.54) is 0 Å². The van der Waals surface area contributed by atoms with E-state index in [2.05, 4.69) is 18.7 Å². The predicted molar refractivity (Wildman–Crippen MR) is 90.9 cm³/mol. The van der Waals surface area contributed by atoms with Crippen LogP contribution >= 0.6 is 0 Å². The van der Waals surface area contributed by atoms with Gasteiger partial charge in [0, 0.05) is 6.54 Å². The predicted octanol–water partition coefficient (Wildman–Crippen LogP) is 2.92. The molecule has 24 heavy (non-hydrogen) atoms. The van der Waals surface area contributed by atoms with Gasteiger partial charge in [-0.1, -0.05) is 44.2 Å². The molecule has 0 N–H and O–H groups in total. The normalized spacial score (nSPS) is 17.2. The number of hydrogen-bond donors (Lipinski definition) is 0. The molecule has 2 rings (SSSR count). The van der Waals surface area contributed by atoms with Gasteiger partial charge in [-0.25, -0.2) is 14.5 Å². The van der Waals surface area contributed by atoms with Crippen LogP contribution in [0.4, 0.5) is 9.59 Å². The van der Waals surface area contributed by atoms with Gasteiger partial charge >= 0.3 is 12.2 Å². The van der Waals surface area contributed by atoms with Crippen LogP contribution in [0, 0.1) is 0 Å². The van der Waals surface area contributed by atoms with Crippen LogP contribution in [0.2, 0.25) is 0 Å². The highest BCUT2D eigenvalue weighted by Gasteiger charge is 2.39. The summed E-state index contributed by atoms with van der Waals surface area (Å²) in [4.78, 5) is 27.4. The van der Waals surface area contributed by atoms with Crippen molar-refractivity contribution < 1.29 is 19.1 Å². The maximum absolute atomic E-state index is 12.2. The van der Waals surface area contributed by atoms with Gasteiger partial charge in [-0.15, -0.1) is 0 Å². The van der Waals surface area contributed by atoms with Crippen molar-refractivity contribution in [1.29, 1.82) is 0 Å². The molecule has 0 spiro atoms. The largest absolute Gasteiger partial charge is 0.449 e. The molecule has 0 unspecified atom stereocenters. The van der Waals surface area contributed by atoms with Gasteiger partial charge in [0.15, 0.2) is 0 Å². The Hall–Kier alpha value is -2.08. The van der Waals surface area contributed by atoms with Crippen LogP contribution in [0.15, 0.2) is 30.3 Å². The summed E-state index contributed by atoms with van der Waals surface area (Å²) in [7, 11) is 0. The van der Waals surface area contributed by atoms with Crippen molar-refractivity contribution in [3.8, 4) is 0 Å². The molecule has 2 amide bonds. The van der Waals surface area contributed by atoms with E-state index in [4.69, 9.17) is 9.47 Å². The lowest BCUT2D eigenvalue weighted by Gasteiger charge is -2.20. The Morgan fingerprint density at radius 3 is 2.67 bits per heavy atom. The van der Waals surface area contributed by atoms with E-state index in [9.17, 15) is 9.59 Å². The van der Waals surface area contributed by atoms with Gasteiger partial charge in [0.2, 0.25) is 0 Å². The number of benzene rings is 1. The minimum absolute atomic E-state index is 0.211. The molecule has 0 bridgehead atoms. The second-order valence-electron chi connectivity index (χ2n) is 5.79. The van der Waals surface area contributed by atoms with Crippen molar-refractivity contribution in [2.75, 3.05) is 32.8 Å². The molecule has 0 aromatic heterocycles. The van der Waals surface area contributed by atoms with Gasteiger partial charge in [-0.05, 0) is 31.5 Å². The summed E-state index contributed by atoms with van der Waals surface area (Å²) < 4.78 is 10.3. The van der Waals surface area contributed by atoms with Crippen molar-refractivity contribution in [1.82, 2.24) is 9.80 Å². The molecule has 1 saturated heterocycles. The van der Waals surface area contributed by atoms with Crippen LogP contribution in [0.5, 0.6) is 0 Å². The number of imide groups is 1. The summed E-state index contributed by atoms with van der Waals surface area (Å²) in [6.45, 7) is 7.54. The van der Waals surface area contributed by atoms with Crippen molar-refractivity contribution in [2.24, 2.45) is 0 Å². The monoisotopic (exact) mass is 334 g/mol. The summed E-state index contributed by atoms with van der Waals surface area (Å²) >= 11 is 0. The standard InChI is InChI=1S/C18H26N2O4/c1-3-19(4-2)11-8-12-23-17(21)20-16(14-24-18(20)22)13-15-9-6-5-7-10-15/h5-7,9-10,16H,3-4,8,11-14H2,1-2H3/t16-/m0/s1. The molecule has 1 aromatic rings. The van der Waals surface area contributed by atoms with E-state index in [0.717, 1.165) is 36.5 Å². The number of ether oxygens (including phenoxy) is 2. The molecule has 132 valence electrons. The number of cyclic esters (lactones) is 1. The van der Waals surface area contributed by atoms with Crippen molar-refractivity contribution in [3.63, 3.8) is 0 Å². The Balaban J connectivity index is 1.83. The zero-order chi connectivity index (χ0) is 17.4. The number of carbonyl (C=O) groups excluding carboxylic acids is 2. The fourth-order valence-electron chi connectivity index (χ4n) is 2.78. The Morgan fingerprint density at radius 2 is 2.00 bits per heavy atom. The topological polar surface area (TPSA) is 59.1 Å². The van der Waals surface area contributed by atoms with Crippen LogP contribution in [-0.2, 0) is 15.9 Å². The van der Waals surface area contributed by atoms with Crippen molar-refractivity contribution in [2.45, 2.75) is 32.7 Å². The zero-order valence-corrected chi connectivity index (χ0v) is 14.4. The number of carbonyl (C=O) groups is 2. The second kappa shape index (κ2) is 9.27. The number of hydrogen-bond acceptors (Lipinski definition) is 5. The van der Waals surface area contributed by atoms with Crippen LogP contribution in [0.25, 0.3) is 0 Å². The zero-order valence-electron chi connectivity index (χ0n) is 14.4. The summed E-state index contributed by atoms with van der Waals surface area (Å²) in [5, 5.41) is 0. The van der Waals surface area contributed by atoms with Crippen LogP contribution in [0.3, 0.4) is 0 Å². The quantitative estimate of drug-likeness (QED) is 0.684. The minimum Gasteiger partial charge on any atom is -0.449 e. The molecule has 1 atom stereocenters. The molecule has 0 aliphatic carbocycles. The number of rotatable bonds is 8. The Labute approximate surface area is 143 Å². The average molecular weight is 334 g/mol. The van der Waals surface area contributed by atoms with Gasteiger partial charge in [-0.2, -0.15) is 0 Å². The summed E-state index contributed by atoms with van der Waals surface area (Å²) in [5.74, 6) is 0. The number of amides is 2. The van der Waals surface area contributed by atoms with Gasteiger partial charge in [0.1, 0.15) is 6.61 Å². The smallest absolute Gasteiger partial charge is 0.419 e. The third kappa shape index (κ3) is 4.96. The Bertz CT molecular complexity index is 531. The molecule has 1 aliphatic rings. The first kappa shape index (κ1) is 18.3. The summed E-state index contributed by atoms with van der Waals surface area (Å²) in [5.41, 5.74) is 1.06. The molecule has 1 aliphatic heterocycles. The molecule has 0 radical (unpaired) electrons. The minimum atomic E-state index is -0.621. The lowest BCUT2D eigenvalue weighted by atomic mass is 10.1. The van der Waals surface area contributed by atoms with Crippen molar-refractivity contribution >= 4 is 12.2 Å². The maximum Gasteiger partial charge on any atom is 0.419 e. The molecule has 0 saturated carbocycles. The molecule has 1 fully saturated rings. The highest BCUT2D eigenvalue weighted by Crippen LogP contribution is 2.18. The Morgan fingerprint density at radius 1 is 1.29 bits per heavy atom. The van der Waals surface area contributed by atoms with Gasteiger partial charge in [0.05, 0.1) is 12.6 Å². The molecule has 6 heteroatoms. The van der Waals surface area contributed by atoms with Gasteiger partial charge in [-0.3, -0.25) is 0 Å². The van der Waals surface area contributed by atoms with E-state index in [1.54, 1.807) is 0 Å². The van der Waals surface area contributed by atoms with E-state index >= 15 is 0 Å². The van der Waals surface area contributed by atoms with Gasteiger partial charge < -0.3 is 14.4 Å². The molecular weight excluding hydrogens is 308 g/mol. The average Bonchev–Trinajstić information content (AvgIpc) is 2.96. The highest BCUT2D eigenvalue weighted by atomic mass is 16.6. The lowest BCUT2D eigenvalue weighted by molar-refractivity contribution is 0.0990. The molecule has 6 nitrogen and oxygen atoms in total. The lowest BCUT2D eigenvalue weighted by Crippen LogP contribution is -2.40. The third-order valence-corrected chi connectivity index (χ3v) is 4.21. The van der Waals surface area contributed by atoms with Crippen molar-refractivity contribution in [3.05, 3.63) is 35.9 Å². The molecule has 1 aromatic carbocycles. The molecular formula is C18H26N2O4. The summed E-state index contributed by atoms with van der Waals surface area (Å²) in [6.07, 6.45) is 0.0866. The van der Waals surface area contributed by atoms with Crippen LogP contribution in [-0.4, -0.2) is 60.9 Å². The second-order valence-corrected chi connectivity index (χ2v) is 5.79. The fraction of sp³-hybridized carbons (Fsp3) is 0.556.